The van der Waals surface area contributed by atoms with Gasteiger partial charge >= 0.3 is 0 Å². The van der Waals surface area contributed by atoms with E-state index in [0.29, 0.717) is 23.2 Å². The van der Waals surface area contributed by atoms with Crippen LogP contribution < -0.4 is 11.1 Å². The van der Waals surface area contributed by atoms with E-state index in [-0.39, 0.29) is 11.9 Å². The van der Waals surface area contributed by atoms with E-state index in [2.05, 4.69) is 24.3 Å². The summed E-state index contributed by atoms with van der Waals surface area (Å²) < 4.78 is 1.56. The molecule has 0 bridgehead atoms. The summed E-state index contributed by atoms with van der Waals surface area (Å²) in [5, 5.41) is 7.11. The second-order valence-corrected chi connectivity index (χ2v) is 5.10. The maximum Gasteiger partial charge on any atom is 0.274 e. The summed E-state index contributed by atoms with van der Waals surface area (Å²) in [4.78, 5) is 12.0. The van der Waals surface area contributed by atoms with Gasteiger partial charge < -0.3 is 11.1 Å². The van der Waals surface area contributed by atoms with Gasteiger partial charge in [0.05, 0.1) is 5.69 Å². The fraction of sp³-hybridized carbons (Fsp3) is 0.667. The average Bonchev–Trinajstić information content (AvgIpc) is 2.75. The summed E-state index contributed by atoms with van der Waals surface area (Å²) in [6.07, 6.45) is 3.86. The Morgan fingerprint density at radius 2 is 2.24 bits per heavy atom. The molecule has 5 heteroatoms. The Hall–Kier alpha value is -1.52. The van der Waals surface area contributed by atoms with Crippen molar-refractivity contribution in [3.63, 3.8) is 0 Å². The van der Waals surface area contributed by atoms with Crippen LogP contribution >= 0.6 is 0 Å². The Morgan fingerprint density at radius 1 is 1.53 bits per heavy atom. The lowest BCUT2D eigenvalue weighted by atomic mass is 9.98. The van der Waals surface area contributed by atoms with Crippen LogP contribution in [0.3, 0.4) is 0 Å². The van der Waals surface area contributed by atoms with Gasteiger partial charge in [-0.25, -0.2) is 0 Å². The molecule has 0 aliphatic heterocycles. The van der Waals surface area contributed by atoms with Crippen LogP contribution in [-0.4, -0.2) is 21.7 Å². The fourth-order valence-electron chi connectivity index (χ4n) is 2.49. The number of nitrogens with zero attached hydrogens (tertiary/aromatic N) is 2. The van der Waals surface area contributed by atoms with Crippen LogP contribution in [0.15, 0.2) is 6.20 Å². The maximum atomic E-state index is 12.0. The minimum atomic E-state index is -0.158. The molecule has 3 unspecified atom stereocenters. The number of hydrogen-bond donors (Lipinski definition) is 2. The van der Waals surface area contributed by atoms with Gasteiger partial charge in [0, 0.05) is 19.3 Å². The number of anilines is 1. The highest BCUT2D eigenvalue weighted by atomic mass is 16.2. The maximum absolute atomic E-state index is 12.0. The zero-order valence-corrected chi connectivity index (χ0v) is 10.6. The van der Waals surface area contributed by atoms with Gasteiger partial charge in [-0.05, 0) is 24.7 Å². The van der Waals surface area contributed by atoms with Gasteiger partial charge in [0.25, 0.3) is 5.91 Å². The minimum absolute atomic E-state index is 0.158. The van der Waals surface area contributed by atoms with Crippen LogP contribution in [-0.2, 0) is 7.05 Å². The van der Waals surface area contributed by atoms with Crippen LogP contribution in [0.25, 0.3) is 0 Å². The molecule has 2 rings (SSSR count). The number of amides is 1. The molecular formula is C12H20N4O. The molecule has 0 saturated heterocycles. The lowest BCUT2D eigenvalue weighted by Crippen LogP contribution is -2.37. The molecule has 5 nitrogen and oxygen atoms in total. The van der Waals surface area contributed by atoms with Crippen molar-refractivity contribution in [2.24, 2.45) is 18.9 Å². The molecule has 1 aliphatic rings. The average molecular weight is 236 g/mol. The number of hydrogen-bond acceptors (Lipinski definition) is 3. The molecule has 0 radical (unpaired) electrons. The second kappa shape index (κ2) is 4.39. The summed E-state index contributed by atoms with van der Waals surface area (Å²) >= 11 is 0. The molecule has 1 amide bonds. The minimum Gasteiger partial charge on any atom is -0.396 e. The molecule has 3 N–H and O–H groups in total. The lowest BCUT2D eigenvalue weighted by molar-refractivity contribution is 0.0922. The highest BCUT2D eigenvalue weighted by Crippen LogP contribution is 2.31. The van der Waals surface area contributed by atoms with Crippen LogP contribution in [0.1, 0.15) is 37.2 Å². The van der Waals surface area contributed by atoms with Crippen molar-refractivity contribution in [3.8, 4) is 0 Å². The second-order valence-electron chi connectivity index (χ2n) is 5.10. The highest BCUT2D eigenvalue weighted by Gasteiger charge is 2.31. The molecular weight excluding hydrogens is 216 g/mol. The third-order valence-corrected chi connectivity index (χ3v) is 3.85. The Kier molecular flexibility index (Phi) is 3.09. The predicted octanol–water partition coefficient (Wildman–Crippen LogP) is 1.17. The Balaban J connectivity index is 2.05. The van der Waals surface area contributed by atoms with Crippen LogP contribution in [0.5, 0.6) is 0 Å². The van der Waals surface area contributed by atoms with Crippen molar-refractivity contribution in [1.82, 2.24) is 15.1 Å². The predicted molar refractivity (Wildman–Crippen MR) is 66.4 cm³/mol. The third kappa shape index (κ3) is 2.28. The molecule has 0 spiro atoms. The summed E-state index contributed by atoms with van der Waals surface area (Å²) in [5.41, 5.74) is 6.50. The van der Waals surface area contributed by atoms with Gasteiger partial charge in [0.2, 0.25) is 0 Å². The smallest absolute Gasteiger partial charge is 0.274 e. The lowest BCUT2D eigenvalue weighted by Gasteiger charge is -2.19. The van der Waals surface area contributed by atoms with Crippen molar-refractivity contribution in [2.45, 2.75) is 32.7 Å². The SMILES string of the molecule is CC1CCC(NC(=O)c2nn(C)cc2N)C1C. The van der Waals surface area contributed by atoms with Gasteiger partial charge in [0.15, 0.2) is 5.69 Å². The molecule has 3 atom stereocenters. The number of nitrogen functional groups attached to an aromatic ring is 1. The number of aryl methyl sites for hydroxylation is 1. The highest BCUT2D eigenvalue weighted by molar-refractivity contribution is 5.97. The Bertz CT molecular complexity index is 426. The van der Waals surface area contributed by atoms with E-state index in [4.69, 9.17) is 5.73 Å². The Morgan fingerprint density at radius 3 is 2.71 bits per heavy atom. The van der Waals surface area contributed by atoms with Gasteiger partial charge in [-0.3, -0.25) is 9.48 Å². The van der Waals surface area contributed by atoms with Crippen molar-refractivity contribution in [3.05, 3.63) is 11.9 Å². The summed E-state index contributed by atoms with van der Waals surface area (Å²) in [6.45, 7) is 4.41. The van der Waals surface area contributed by atoms with E-state index in [1.807, 2.05) is 0 Å². The standard InChI is InChI=1S/C12H20N4O/c1-7-4-5-10(8(7)2)14-12(17)11-9(13)6-16(3)15-11/h6-8,10H,4-5,13H2,1-3H3,(H,14,17). The molecule has 17 heavy (non-hydrogen) atoms. The molecule has 1 saturated carbocycles. The molecule has 0 aromatic carbocycles. The zero-order valence-electron chi connectivity index (χ0n) is 10.6. The molecule has 1 heterocycles. The third-order valence-electron chi connectivity index (χ3n) is 3.85. The summed E-state index contributed by atoms with van der Waals surface area (Å²) in [7, 11) is 1.76. The van der Waals surface area contributed by atoms with Gasteiger partial charge in [0.1, 0.15) is 0 Å². The number of nitrogens with two attached hydrogens (primary N) is 1. The monoisotopic (exact) mass is 236 g/mol. The van der Waals surface area contributed by atoms with Crippen LogP contribution in [0, 0.1) is 11.8 Å². The largest absolute Gasteiger partial charge is 0.396 e. The molecule has 1 fully saturated rings. The van der Waals surface area contributed by atoms with E-state index in [0.717, 1.165) is 6.42 Å². The van der Waals surface area contributed by atoms with Crippen molar-refractivity contribution >= 4 is 11.6 Å². The first-order chi connectivity index (χ1) is 7.99. The van der Waals surface area contributed by atoms with Crippen molar-refractivity contribution in [2.75, 3.05) is 5.73 Å². The first kappa shape index (κ1) is 12.0. The normalized spacial score (nSPS) is 28.3. The fourth-order valence-corrected chi connectivity index (χ4v) is 2.49. The van der Waals surface area contributed by atoms with Crippen molar-refractivity contribution < 1.29 is 4.79 Å². The first-order valence-electron chi connectivity index (χ1n) is 6.09. The van der Waals surface area contributed by atoms with Crippen LogP contribution in [0.4, 0.5) is 5.69 Å². The number of rotatable bonds is 2. The summed E-state index contributed by atoms with van der Waals surface area (Å²) in [6, 6.07) is 0.249. The molecule has 1 aromatic heterocycles. The summed E-state index contributed by atoms with van der Waals surface area (Å²) in [5.74, 6) is 1.03. The number of aromatic nitrogens is 2. The number of nitrogens with one attached hydrogen (secondary N) is 1. The zero-order chi connectivity index (χ0) is 12.6. The van der Waals surface area contributed by atoms with Crippen LogP contribution in [0.2, 0.25) is 0 Å². The molecule has 1 aromatic rings. The first-order valence-corrected chi connectivity index (χ1v) is 6.09. The molecule has 1 aliphatic carbocycles. The quantitative estimate of drug-likeness (QED) is 0.809. The van der Waals surface area contributed by atoms with E-state index < -0.39 is 0 Å². The van der Waals surface area contributed by atoms with Crippen molar-refractivity contribution in [1.29, 1.82) is 0 Å². The van der Waals surface area contributed by atoms with Gasteiger partial charge in [-0.15, -0.1) is 0 Å². The Labute approximate surface area is 101 Å². The van der Waals surface area contributed by atoms with E-state index >= 15 is 0 Å². The number of carbonyl (C=O) groups excluding carboxylic acids is 1. The molecule has 94 valence electrons. The van der Waals surface area contributed by atoms with E-state index in [1.54, 1.807) is 17.9 Å². The van der Waals surface area contributed by atoms with Gasteiger partial charge in [-0.1, -0.05) is 13.8 Å². The van der Waals surface area contributed by atoms with E-state index in [1.165, 1.54) is 6.42 Å². The van der Waals surface area contributed by atoms with Gasteiger partial charge in [-0.2, -0.15) is 5.10 Å². The van der Waals surface area contributed by atoms with E-state index in [9.17, 15) is 4.79 Å². The topological polar surface area (TPSA) is 72.9 Å². The number of carbonyl (C=O) groups is 1.